The van der Waals surface area contributed by atoms with Crippen molar-refractivity contribution in [3.05, 3.63) is 11.6 Å². The molecule has 0 radical (unpaired) electrons. The zero-order valence-corrected chi connectivity index (χ0v) is 7.39. The maximum atomic E-state index is 5.44. The predicted octanol–water partition coefficient (Wildman–Crippen LogP) is 2.52. The van der Waals surface area contributed by atoms with Gasteiger partial charge in [-0.25, -0.2) is 0 Å². The Morgan fingerprint density at radius 3 is 2.82 bits per heavy atom. The first kappa shape index (κ1) is 7.35. The second-order valence-electron chi connectivity index (χ2n) is 4.12. The second-order valence-corrected chi connectivity index (χ2v) is 4.12. The number of epoxide rings is 1. The topological polar surface area (TPSA) is 12.5 Å². The van der Waals surface area contributed by atoms with Crippen LogP contribution in [0.25, 0.3) is 0 Å². The van der Waals surface area contributed by atoms with Gasteiger partial charge in [0, 0.05) is 0 Å². The fourth-order valence-electron chi connectivity index (χ4n) is 1.87. The molecule has 0 unspecified atom stereocenters. The number of hydrogen-bond donors (Lipinski definition) is 0. The molecule has 2 rings (SSSR count). The third kappa shape index (κ3) is 1.34. The maximum absolute atomic E-state index is 5.44. The van der Waals surface area contributed by atoms with Gasteiger partial charge in [0.1, 0.15) is 0 Å². The fraction of sp³-hybridized carbons (Fsp3) is 0.800. The summed E-state index contributed by atoms with van der Waals surface area (Å²) in [5, 5.41) is 0. The Labute approximate surface area is 68.4 Å². The summed E-state index contributed by atoms with van der Waals surface area (Å²) in [4.78, 5) is 0. The van der Waals surface area contributed by atoms with Crippen LogP contribution in [0, 0.1) is 5.92 Å². The number of rotatable bonds is 1. The monoisotopic (exact) mass is 152 g/mol. The molecule has 1 heterocycles. The Kier molecular flexibility index (Phi) is 1.57. The molecule has 62 valence electrons. The summed E-state index contributed by atoms with van der Waals surface area (Å²) in [6.07, 6.45) is 6.23. The van der Waals surface area contributed by atoms with Crippen molar-refractivity contribution in [2.75, 3.05) is 6.61 Å². The molecular formula is C10H16O. The van der Waals surface area contributed by atoms with Gasteiger partial charge in [0.25, 0.3) is 0 Å². The molecule has 0 aromatic rings. The molecule has 1 fully saturated rings. The maximum Gasteiger partial charge on any atom is 0.0919 e. The molecule has 1 aliphatic carbocycles. The van der Waals surface area contributed by atoms with E-state index >= 15 is 0 Å². The van der Waals surface area contributed by atoms with Crippen LogP contribution in [0.5, 0.6) is 0 Å². The molecule has 0 saturated carbocycles. The molecule has 11 heavy (non-hydrogen) atoms. The molecule has 1 nitrogen and oxygen atoms in total. The van der Waals surface area contributed by atoms with Crippen LogP contribution in [0.3, 0.4) is 0 Å². The molecule has 0 N–H and O–H groups in total. The van der Waals surface area contributed by atoms with Crippen molar-refractivity contribution in [3.8, 4) is 0 Å². The van der Waals surface area contributed by atoms with Gasteiger partial charge < -0.3 is 4.74 Å². The summed E-state index contributed by atoms with van der Waals surface area (Å²) in [6.45, 7) is 5.46. The van der Waals surface area contributed by atoms with Crippen molar-refractivity contribution in [2.24, 2.45) is 5.92 Å². The van der Waals surface area contributed by atoms with Crippen molar-refractivity contribution >= 4 is 0 Å². The summed E-state index contributed by atoms with van der Waals surface area (Å²) in [7, 11) is 0. The molecule has 1 saturated heterocycles. The van der Waals surface area contributed by atoms with Crippen LogP contribution in [-0.4, -0.2) is 12.2 Å². The van der Waals surface area contributed by atoms with E-state index in [0.29, 0.717) is 0 Å². The van der Waals surface area contributed by atoms with Crippen molar-refractivity contribution in [3.63, 3.8) is 0 Å². The first-order valence-corrected chi connectivity index (χ1v) is 4.50. The van der Waals surface area contributed by atoms with Gasteiger partial charge in [0.2, 0.25) is 0 Å². The third-order valence-corrected chi connectivity index (χ3v) is 3.10. The van der Waals surface area contributed by atoms with Crippen LogP contribution >= 0.6 is 0 Å². The lowest BCUT2D eigenvalue weighted by molar-refractivity contribution is 0.221. The average Bonchev–Trinajstić information content (AvgIpc) is 2.70. The Balaban J connectivity index is 1.98. The van der Waals surface area contributed by atoms with Gasteiger partial charge in [-0.2, -0.15) is 0 Å². The van der Waals surface area contributed by atoms with Gasteiger partial charge in [-0.1, -0.05) is 11.6 Å². The van der Waals surface area contributed by atoms with Gasteiger partial charge in [0.15, 0.2) is 0 Å². The lowest BCUT2D eigenvalue weighted by Gasteiger charge is -2.23. The summed E-state index contributed by atoms with van der Waals surface area (Å²) >= 11 is 0. The molecule has 2 atom stereocenters. The molecular weight excluding hydrogens is 136 g/mol. The van der Waals surface area contributed by atoms with Crippen molar-refractivity contribution in [1.82, 2.24) is 0 Å². The lowest BCUT2D eigenvalue weighted by atomic mass is 9.82. The minimum Gasteiger partial charge on any atom is -0.370 e. The lowest BCUT2D eigenvalue weighted by Crippen LogP contribution is -2.22. The predicted molar refractivity (Wildman–Crippen MR) is 45.5 cm³/mol. The zero-order valence-electron chi connectivity index (χ0n) is 7.39. The van der Waals surface area contributed by atoms with Crippen LogP contribution < -0.4 is 0 Å². The van der Waals surface area contributed by atoms with E-state index in [1.165, 1.54) is 19.3 Å². The molecule has 2 aliphatic rings. The molecule has 1 aliphatic heterocycles. The normalized spacial score (nSPS) is 43.5. The van der Waals surface area contributed by atoms with Crippen LogP contribution in [0.15, 0.2) is 11.6 Å². The van der Waals surface area contributed by atoms with Gasteiger partial charge in [0.05, 0.1) is 12.2 Å². The molecule has 1 heteroatoms. The van der Waals surface area contributed by atoms with E-state index in [2.05, 4.69) is 19.9 Å². The highest BCUT2D eigenvalue weighted by atomic mass is 16.6. The minimum atomic E-state index is 0.261. The Morgan fingerprint density at radius 2 is 2.36 bits per heavy atom. The molecule has 0 bridgehead atoms. The highest BCUT2D eigenvalue weighted by molar-refractivity contribution is 5.08. The van der Waals surface area contributed by atoms with Crippen LogP contribution in [0.2, 0.25) is 0 Å². The van der Waals surface area contributed by atoms with Crippen LogP contribution in [-0.2, 0) is 4.74 Å². The van der Waals surface area contributed by atoms with Gasteiger partial charge >= 0.3 is 0 Å². The Morgan fingerprint density at radius 1 is 1.64 bits per heavy atom. The van der Waals surface area contributed by atoms with Gasteiger partial charge in [-0.05, 0) is 39.0 Å². The SMILES string of the molecule is CC1=CC[C@@H]([C@]2(C)CO2)CC1. The largest absolute Gasteiger partial charge is 0.370 e. The number of hydrogen-bond acceptors (Lipinski definition) is 1. The zero-order chi connectivity index (χ0) is 7.90. The average molecular weight is 152 g/mol. The van der Waals surface area contributed by atoms with E-state index < -0.39 is 0 Å². The van der Waals surface area contributed by atoms with E-state index in [1.54, 1.807) is 5.57 Å². The van der Waals surface area contributed by atoms with E-state index in [0.717, 1.165) is 12.5 Å². The first-order valence-electron chi connectivity index (χ1n) is 4.50. The van der Waals surface area contributed by atoms with Crippen LogP contribution in [0.4, 0.5) is 0 Å². The van der Waals surface area contributed by atoms with E-state index in [9.17, 15) is 0 Å². The highest BCUT2D eigenvalue weighted by Crippen LogP contribution is 2.42. The number of allylic oxidation sites excluding steroid dienone is 2. The fourth-order valence-corrected chi connectivity index (χ4v) is 1.87. The summed E-state index contributed by atoms with van der Waals surface area (Å²) in [5.41, 5.74) is 1.82. The van der Waals surface area contributed by atoms with Gasteiger partial charge in [-0.3, -0.25) is 0 Å². The second kappa shape index (κ2) is 2.34. The Hall–Kier alpha value is -0.300. The highest BCUT2D eigenvalue weighted by Gasteiger charge is 2.46. The smallest absolute Gasteiger partial charge is 0.0919 e. The third-order valence-electron chi connectivity index (χ3n) is 3.10. The number of ether oxygens (including phenoxy) is 1. The van der Waals surface area contributed by atoms with Crippen LogP contribution in [0.1, 0.15) is 33.1 Å². The molecule has 0 spiro atoms. The molecule has 0 amide bonds. The first-order chi connectivity index (χ1) is 5.21. The van der Waals surface area contributed by atoms with Gasteiger partial charge in [-0.15, -0.1) is 0 Å². The molecule has 0 aromatic heterocycles. The summed E-state index contributed by atoms with van der Waals surface area (Å²) in [5.74, 6) is 0.797. The quantitative estimate of drug-likeness (QED) is 0.415. The van der Waals surface area contributed by atoms with E-state index in [-0.39, 0.29) is 5.60 Å². The van der Waals surface area contributed by atoms with Crippen molar-refractivity contribution in [1.29, 1.82) is 0 Å². The standard InChI is InChI=1S/C10H16O/c1-8-3-5-9(6-4-8)10(2)7-11-10/h3,9H,4-7H2,1-2H3/t9-,10+/m1/s1. The minimum absolute atomic E-state index is 0.261. The Bertz CT molecular complexity index is 189. The van der Waals surface area contributed by atoms with E-state index in [4.69, 9.17) is 4.74 Å². The van der Waals surface area contributed by atoms with Crippen molar-refractivity contribution < 1.29 is 4.74 Å². The summed E-state index contributed by atoms with van der Waals surface area (Å²) in [6, 6.07) is 0. The van der Waals surface area contributed by atoms with E-state index in [1.807, 2.05) is 0 Å². The molecule has 0 aromatic carbocycles. The van der Waals surface area contributed by atoms with Crippen molar-refractivity contribution in [2.45, 2.75) is 38.7 Å². The summed E-state index contributed by atoms with van der Waals surface area (Å²) < 4.78 is 5.44.